The zero-order valence-electron chi connectivity index (χ0n) is 44.4. The largest absolute Gasteiger partial charge is 0.394 e. The van der Waals surface area contributed by atoms with E-state index >= 15 is 0 Å². The number of rotatable bonds is 50. The lowest BCUT2D eigenvalue weighted by molar-refractivity contribution is -0.302. The van der Waals surface area contributed by atoms with Gasteiger partial charge in [-0.15, -0.1) is 0 Å². The molecule has 1 aliphatic rings. The summed E-state index contributed by atoms with van der Waals surface area (Å²) in [5.41, 5.74) is 0. The molecule has 0 saturated carbocycles. The lowest BCUT2D eigenvalue weighted by Crippen LogP contribution is -2.60. The van der Waals surface area contributed by atoms with Crippen LogP contribution in [-0.2, 0) is 14.3 Å². The normalized spacial score (nSPS) is 19.8. The van der Waals surface area contributed by atoms with Crippen LogP contribution in [0.1, 0.15) is 277 Å². The molecule has 9 nitrogen and oxygen atoms in total. The predicted octanol–water partition coefficient (Wildman–Crippen LogP) is 14.4. The Kier molecular flexibility index (Phi) is 46.4. The van der Waals surface area contributed by atoms with Crippen molar-refractivity contribution in [2.24, 2.45) is 0 Å². The summed E-state index contributed by atoms with van der Waals surface area (Å²) in [6, 6.07) is -0.822. The number of aliphatic hydroxyl groups is 5. The summed E-state index contributed by atoms with van der Waals surface area (Å²) in [6.07, 6.45) is 56.4. The van der Waals surface area contributed by atoms with E-state index in [-0.39, 0.29) is 12.5 Å². The van der Waals surface area contributed by atoms with Gasteiger partial charge in [0.25, 0.3) is 0 Å². The van der Waals surface area contributed by atoms with Crippen LogP contribution in [0.2, 0.25) is 0 Å². The Hall–Kier alpha value is -1.59. The van der Waals surface area contributed by atoms with E-state index in [0.717, 1.165) is 38.5 Å². The number of aliphatic hydroxyl groups excluding tert-OH is 5. The van der Waals surface area contributed by atoms with E-state index in [1.165, 1.54) is 218 Å². The Morgan fingerprint density at radius 3 is 1.24 bits per heavy atom. The first-order valence-electron chi connectivity index (χ1n) is 29.2. The lowest BCUT2D eigenvalue weighted by Gasteiger charge is -2.40. The maximum Gasteiger partial charge on any atom is 0.220 e. The molecular formula is C59H111NO8. The number of ether oxygens (including phenoxy) is 2. The standard InChI is InChI=1S/C59H111NO8/c1-3-5-7-9-11-13-15-17-19-21-23-24-25-26-27-28-29-31-33-35-37-39-41-43-45-47-49-55(63)60-52(51-67-59-58(66)57(65)56(64)54(50-61)68-59)53(62)48-46-44-42-40-38-36-34-32-30-22-20-18-16-14-12-10-8-6-4-2/h26-27,38,40,46,48,52-54,56-59,61-62,64-66H,3-25,28-37,39,41-45,47,49-51H2,1-2H3,(H,60,63)/b27-26-,40-38+,48-46+. The molecule has 0 aliphatic carbocycles. The van der Waals surface area contributed by atoms with Gasteiger partial charge in [0.15, 0.2) is 6.29 Å². The highest BCUT2D eigenvalue weighted by Crippen LogP contribution is 2.23. The second-order valence-corrected chi connectivity index (χ2v) is 20.4. The van der Waals surface area contributed by atoms with Crippen LogP contribution in [0.4, 0.5) is 0 Å². The minimum absolute atomic E-state index is 0.185. The van der Waals surface area contributed by atoms with Crippen molar-refractivity contribution in [3.63, 3.8) is 0 Å². The van der Waals surface area contributed by atoms with Gasteiger partial charge in [-0.05, 0) is 57.8 Å². The van der Waals surface area contributed by atoms with Gasteiger partial charge in [0.2, 0.25) is 5.91 Å². The Morgan fingerprint density at radius 2 is 0.838 bits per heavy atom. The lowest BCUT2D eigenvalue weighted by atomic mass is 9.99. The summed E-state index contributed by atoms with van der Waals surface area (Å²) in [6.45, 7) is 3.79. The van der Waals surface area contributed by atoms with E-state index in [4.69, 9.17) is 9.47 Å². The van der Waals surface area contributed by atoms with Crippen molar-refractivity contribution in [2.75, 3.05) is 13.2 Å². The van der Waals surface area contributed by atoms with Crippen LogP contribution in [0.3, 0.4) is 0 Å². The number of unbranched alkanes of at least 4 members (excludes halogenated alkanes) is 36. The molecule has 7 unspecified atom stereocenters. The van der Waals surface area contributed by atoms with Gasteiger partial charge in [0, 0.05) is 6.42 Å². The van der Waals surface area contributed by atoms with Crippen LogP contribution in [0.5, 0.6) is 0 Å². The highest BCUT2D eigenvalue weighted by molar-refractivity contribution is 5.76. The van der Waals surface area contributed by atoms with Gasteiger partial charge in [-0.1, -0.05) is 249 Å². The molecule has 1 rings (SSSR count). The summed E-state index contributed by atoms with van der Waals surface area (Å²) >= 11 is 0. The zero-order chi connectivity index (χ0) is 49.4. The fourth-order valence-corrected chi connectivity index (χ4v) is 9.29. The quantitative estimate of drug-likeness (QED) is 0.0261. The first kappa shape index (κ1) is 64.4. The van der Waals surface area contributed by atoms with Crippen LogP contribution in [0.25, 0.3) is 0 Å². The topological polar surface area (TPSA) is 149 Å². The van der Waals surface area contributed by atoms with E-state index in [1.807, 2.05) is 6.08 Å². The molecule has 68 heavy (non-hydrogen) atoms. The first-order chi connectivity index (χ1) is 33.3. The molecule has 0 aromatic rings. The summed E-state index contributed by atoms with van der Waals surface area (Å²) in [5, 5.41) is 54.5. The summed E-state index contributed by atoms with van der Waals surface area (Å²) < 4.78 is 11.3. The summed E-state index contributed by atoms with van der Waals surface area (Å²) in [7, 11) is 0. The minimum atomic E-state index is -1.57. The number of carbonyl (C=O) groups excluding carboxylic acids is 1. The number of carbonyl (C=O) groups is 1. The number of hydrogen-bond donors (Lipinski definition) is 6. The van der Waals surface area contributed by atoms with Gasteiger partial charge in [0.05, 0.1) is 25.4 Å². The van der Waals surface area contributed by atoms with Crippen molar-refractivity contribution in [1.82, 2.24) is 5.32 Å². The van der Waals surface area contributed by atoms with E-state index in [0.29, 0.717) is 6.42 Å². The molecule has 0 spiro atoms. The zero-order valence-corrected chi connectivity index (χ0v) is 44.4. The number of hydrogen-bond acceptors (Lipinski definition) is 8. The van der Waals surface area contributed by atoms with Crippen molar-refractivity contribution in [3.8, 4) is 0 Å². The smallest absolute Gasteiger partial charge is 0.220 e. The van der Waals surface area contributed by atoms with Crippen molar-refractivity contribution in [1.29, 1.82) is 0 Å². The molecule has 0 bridgehead atoms. The maximum absolute atomic E-state index is 13.1. The molecule has 1 saturated heterocycles. The molecule has 6 N–H and O–H groups in total. The van der Waals surface area contributed by atoms with Crippen LogP contribution in [-0.4, -0.2) is 87.5 Å². The Labute approximate surface area is 419 Å². The van der Waals surface area contributed by atoms with Crippen LogP contribution in [0, 0.1) is 0 Å². The Balaban J connectivity index is 2.23. The van der Waals surface area contributed by atoms with Gasteiger partial charge in [0.1, 0.15) is 24.4 Å². The second-order valence-electron chi connectivity index (χ2n) is 20.4. The van der Waals surface area contributed by atoms with Crippen molar-refractivity contribution < 1.29 is 39.8 Å². The SMILES string of the molecule is CCCCCCCCCCCCCC/C=C\CCCCCCCCCCCCC(=O)NC(COC1OC(CO)C(O)C(O)C1O)C(O)/C=C/CC/C=C/CCCCCCCCCCCCCCC. The monoisotopic (exact) mass is 962 g/mol. The molecule has 9 heteroatoms. The molecule has 1 aliphatic heterocycles. The van der Waals surface area contributed by atoms with Gasteiger partial charge in [-0.2, -0.15) is 0 Å². The average molecular weight is 963 g/mol. The van der Waals surface area contributed by atoms with Gasteiger partial charge in [-0.3, -0.25) is 4.79 Å². The van der Waals surface area contributed by atoms with E-state index < -0.39 is 49.5 Å². The number of nitrogens with one attached hydrogen (secondary N) is 1. The molecule has 400 valence electrons. The molecule has 0 aromatic heterocycles. The number of amides is 1. The minimum Gasteiger partial charge on any atom is -0.394 e. The molecule has 1 fully saturated rings. The van der Waals surface area contributed by atoms with Crippen molar-refractivity contribution >= 4 is 5.91 Å². The third kappa shape index (κ3) is 38.1. The van der Waals surface area contributed by atoms with E-state index in [1.54, 1.807) is 6.08 Å². The predicted molar refractivity (Wildman–Crippen MR) is 286 cm³/mol. The molecular weight excluding hydrogens is 851 g/mol. The Morgan fingerprint density at radius 1 is 0.485 bits per heavy atom. The fourth-order valence-electron chi connectivity index (χ4n) is 9.29. The highest BCUT2D eigenvalue weighted by atomic mass is 16.7. The van der Waals surface area contributed by atoms with Gasteiger partial charge < -0.3 is 40.3 Å². The fraction of sp³-hybridized carbons (Fsp3) is 0.881. The van der Waals surface area contributed by atoms with Crippen LogP contribution < -0.4 is 5.32 Å². The highest BCUT2D eigenvalue weighted by Gasteiger charge is 2.44. The van der Waals surface area contributed by atoms with Gasteiger partial charge in [-0.25, -0.2) is 0 Å². The van der Waals surface area contributed by atoms with Crippen LogP contribution >= 0.6 is 0 Å². The molecule has 0 radical (unpaired) electrons. The second kappa shape index (κ2) is 49.0. The summed E-state index contributed by atoms with van der Waals surface area (Å²) in [4.78, 5) is 13.1. The van der Waals surface area contributed by atoms with Crippen molar-refractivity contribution in [2.45, 2.75) is 320 Å². The third-order valence-electron chi connectivity index (χ3n) is 13.9. The molecule has 7 atom stereocenters. The van der Waals surface area contributed by atoms with E-state index in [2.05, 4.69) is 43.5 Å². The average Bonchev–Trinajstić information content (AvgIpc) is 3.34. The van der Waals surface area contributed by atoms with Crippen molar-refractivity contribution in [3.05, 3.63) is 36.5 Å². The molecule has 1 amide bonds. The van der Waals surface area contributed by atoms with Gasteiger partial charge >= 0.3 is 0 Å². The molecule has 0 aromatic carbocycles. The Bertz CT molecular complexity index is 1160. The number of allylic oxidation sites excluding steroid dienone is 5. The van der Waals surface area contributed by atoms with E-state index in [9.17, 15) is 30.3 Å². The first-order valence-corrected chi connectivity index (χ1v) is 29.2. The third-order valence-corrected chi connectivity index (χ3v) is 13.9. The summed E-state index contributed by atoms with van der Waals surface area (Å²) in [5.74, 6) is -0.185. The van der Waals surface area contributed by atoms with Crippen LogP contribution in [0.15, 0.2) is 36.5 Å². The maximum atomic E-state index is 13.1. The molecule has 1 heterocycles.